The molecule has 0 saturated carbocycles. The summed E-state index contributed by atoms with van der Waals surface area (Å²) in [4.78, 5) is 0. The van der Waals surface area contributed by atoms with Crippen molar-refractivity contribution >= 4 is 0 Å². The number of benzene rings is 1. The maximum Gasteiger partial charge on any atom is 0.0341 e. The lowest BCUT2D eigenvalue weighted by Gasteiger charge is -2.21. The monoisotopic (exact) mass is 232 g/mol. The van der Waals surface area contributed by atoms with Crippen LogP contribution in [0, 0.1) is 5.41 Å². The van der Waals surface area contributed by atoms with Gasteiger partial charge in [0.25, 0.3) is 0 Å². The van der Waals surface area contributed by atoms with Gasteiger partial charge in [0.15, 0.2) is 0 Å². The summed E-state index contributed by atoms with van der Waals surface area (Å²) >= 11 is 0. The molecule has 0 aromatic heterocycles. The van der Waals surface area contributed by atoms with Gasteiger partial charge in [0.2, 0.25) is 0 Å². The van der Waals surface area contributed by atoms with Gasteiger partial charge >= 0.3 is 0 Å². The highest BCUT2D eigenvalue weighted by Gasteiger charge is 2.27. The molecule has 0 radical (unpaired) electrons. The summed E-state index contributed by atoms with van der Waals surface area (Å²) < 4.78 is 0. The highest BCUT2D eigenvalue weighted by Crippen LogP contribution is 2.37. The van der Waals surface area contributed by atoms with Crippen molar-refractivity contribution < 1.29 is 0 Å². The fourth-order valence-electron chi connectivity index (χ4n) is 2.49. The van der Waals surface area contributed by atoms with Crippen molar-refractivity contribution in [3.63, 3.8) is 0 Å². The van der Waals surface area contributed by atoms with Gasteiger partial charge in [0.05, 0.1) is 0 Å². The molecule has 1 aliphatic carbocycles. The number of rotatable bonds is 3. The topological polar surface area (TPSA) is 38.0 Å². The van der Waals surface area contributed by atoms with E-state index in [0.29, 0.717) is 11.5 Å². The van der Waals surface area contributed by atoms with Crippen LogP contribution < -0.4 is 11.1 Å². The minimum absolute atomic E-state index is 0.207. The Bertz CT molecular complexity index is 379. The second-order valence-corrected chi connectivity index (χ2v) is 6.29. The number of hydrogen-bond donors (Lipinski definition) is 2. The first-order chi connectivity index (χ1) is 7.97. The number of hydrogen-bond acceptors (Lipinski definition) is 2. The van der Waals surface area contributed by atoms with Crippen LogP contribution in [0.5, 0.6) is 0 Å². The van der Waals surface area contributed by atoms with E-state index in [4.69, 9.17) is 5.73 Å². The molecule has 2 nitrogen and oxygen atoms in total. The van der Waals surface area contributed by atoms with Crippen molar-refractivity contribution in [1.82, 2.24) is 5.32 Å². The highest BCUT2D eigenvalue weighted by atomic mass is 14.9. The fraction of sp³-hybridized carbons (Fsp3) is 0.600. The lowest BCUT2D eigenvalue weighted by atomic mass is 9.92. The van der Waals surface area contributed by atoms with Gasteiger partial charge in [-0.15, -0.1) is 0 Å². The Morgan fingerprint density at radius 3 is 2.53 bits per heavy atom. The van der Waals surface area contributed by atoms with E-state index in [0.717, 1.165) is 13.0 Å². The first kappa shape index (κ1) is 12.6. The van der Waals surface area contributed by atoms with Crippen LogP contribution in [0.1, 0.15) is 56.8 Å². The molecule has 1 aromatic rings. The molecule has 0 fully saturated rings. The van der Waals surface area contributed by atoms with Gasteiger partial charge in [-0.1, -0.05) is 45.0 Å². The zero-order chi connectivity index (χ0) is 12.5. The third-order valence-corrected chi connectivity index (χ3v) is 3.53. The summed E-state index contributed by atoms with van der Waals surface area (Å²) in [6.07, 6.45) is 2.23. The van der Waals surface area contributed by atoms with Crippen molar-refractivity contribution in [2.45, 2.75) is 45.7 Å². The molecule has 1 aliphatic rings. The van der Waals surface area contributed by atoms with Crippen molar-refractivity contribution in [3.05, 3.63) is 35.4 Å². The minimum Gasteiger partial charge on any atom is -0.324 e. The standard InChI is InChI=1S/C15H24N2/c1-15(2,3)8-9-17-14-10-13(16)11-6-4-5-7-12(11)14/h4-7,13-14,17H,8-10,16H2,1-3H3. The summed E-state index contributed by atoms with van der Waals surface area (Å²) in [5.74, 6) is 0. The quantitative estimate of drug-likeness (QED) is 0.840. The Labute approximate surface area is 105 Å². The third kappa shape index (κ3) is 3.08. The normalized spacial score (nSPS) is 23.8. The van der Waals surface area contributed by atoms with E-state index >= 15 is 0 Å². The van der Waals surface area contributed by atoms with Crippen LogP contribution in [0.25, 0.3) is 0 Å². The van der Waals surface area contributed by atoms with E-state index in [-0.39, 0.29) is 6.04 Å². The number of nitrogens with one attached hydrogen (secondary N) is 1. The average molecular weight is 232 g/mol. The van der Waals surface area contributed by atoms with Gasteiger partial charge in [-0.25, -0.2) is 0 Å². The van der Waals surface area contributed by atoms with E-state index in [2.05, 4.69) is 50.4 Å². The third-order valence-electron chi connectivity index (χ3n) is 3.53. The number of nitrogens with two attached hydrogens (primary N) is 1. The summed E-state index contributed by atoms with van der Waals surface area (Å²) in [5, 5.41) is 3.64. The van der Waals surface area contributed by atoms with Crippen molar-refractivity contribution in [1.29, 1.82) is 0 Å². The molecule has 0 spiro atoms. The molecule has 2 rings (SSSR count). The van der Waals surface area contributed by atoms with Crippen LogP contribution in [0.15, 0.2) is 24.3 Å². The molecular formula is C15H24N2. The Hall–Kier alpha value is -0.860. The molecule has 2 atom stereocenters. The predicted molar refractivity (Wildman–Crippen MR) is 72.8 cm³/mol. The van der Waals surface area contributed by atoms with Gasteiger partial charge < -0.3 is 11.1 Å². The molecule has 0 bridgehead atoms. The maximum atomic E-state index is 6.15. The fourth-order valence-corrected chi connectivity index (χ4v) is 2.49. The summed E-state index contributed by atoms with van der Waals surface area (Å²) in [6, 6.07) is 9.20. The minimum atomic E-state index is 0.207. The summed E-state index contributed by atoms with van der Waals surface area (Å²) in [5.41, 5.74) is 9.27. The van der Waals surface area contributed by atoms with Crippen molar-refractivity contribution in [2.75, 3.05) is 6.54 Å². The first-order valence-electron chi connectivity index (χ1n) is 6.55. The Morgan fingerprint density at radius 1 is 1.24 bits per heavy atom. The van der Waals surface area contributed by atoms with Crippen molar-refractivity contribution in [2.24, 2.45) is 11.1 Å². The van der Waals surface area contributed by atoms with Gasteiger partial charge in [-0.05, 0) is 35.9 Å². The van der Waals surface area contributed by atoms with E-state index in [1.165, 1.54) is 17.5 Å². The van der Waals surface area contributed by atoms with Gasteiger partial charge in [-0.3, -0.25) is 0 Å². The van der Waals surface area contributed by atoms with Gasteiger partial charge in [0.1, 0.15) is 0 Å². The first-order valence-corrected chi connectivity index (χ1v) is 6.55. The zero-order valence-corrected chi connectivity index (χ0v) is 11.2. The molecule has 0 aliphatic heterocycles. The van der Waals surface area contributed by atoms with E-state index in [1.54, 1.807) is 0 Å². The maximum absolute atomic E-state index is 6.15. The second-order valence-electron chi connectivity index (χ2n) is 6.29. The summed E-state index contributed by atoms with van der Waals surface area (Å²) in [7, 11) is 0. The lowest BCUT2D eigenvalue weighted by Crippen LogP contribution is -2.24. The van der Waals surface area contributed by atoms with Crippen LogP contribution in [0.2, 0.25) is 0 Å². The largest absolute Gasteiger partial charge is 0.324 e. The van der Waals surface area contributed by atoms with E-state index < -0.39 is 0 Å². The smallest absolute Gasteiger partial charge is 0.0341 e. The molecule has 17 heavy (non-hydrogen) atoms. The molecule has 0 amide bonds. The molecule has 0 saturated heterocycles. The predicted octanol–water partition coefficient (Wildman–Crippen LogP) is 3.16. The van der Waals surface area contributed by atoms with Crippen LogP contribution >= 0.6 is 0 Å². The van der Waals surface area contributed by atoms with Crippen LogP contribution in [0.3, 0.4) is 0 Å². The van der Waals surface area contributed by atoms with Crippen LogP contribution in [0.4, 0.5) is 0 Å². The molecule has 2 heteroatoms. The Morgan fingerprint density at radius 2 is 1.88 bits per heavy atom. The number of fused-ring (bicyclic) bond motifs is 1. The van der Waals surface area contributed by atoms with Crippen LogP contribution in [-0.2, 0) is 0 Å². The Kier molecular flexibility index (Phi) is 3.55. The Balaban J connectivity index is 1.96. The molecular weight excluding hydrogens is 208 g/mol. The lowest BCUT2D eigenvalue weighted by molar-refractivity contribution is 0.352. The average Bonchev–Trinajstić information content (AvgIpc) is 2.55. The molecule has 94 valence electrons. The van der Waals surface area contributed by atoms with Gasteiger partial charge in [0, 0.05) is 12.1 Å². The zero-order valence-electron chi connectivity index (χ0n) is 11.2. The SMILES string of the molecule is CC(C)(C)CCNC1CC(N)c2ccccc21. The second kappa shape index (κ2) is 4.79. The molecule has 0 heterocycles. The van der Waals surface area contributed by atoms with Crippen molar-refractivity contribution in [3.8, 4) is 0 Å². The van der Waals surface area contributed by atoms with Crippen LogP contribution in [-0.4, -0.2) is 6.54 Å². The van der Waals surface area contributed by atoms with E-state index in [9.17, 15) is 0 Å². The van der Waals surface area contributed by atoms with E-state index in [1.807, 2.05) is 0 Å². The van der Waals surface area contributed by atoms with Gasteiger partial charge in [-0.2, -0.15) is 0 Å². The molecule has 3 N–H and O–H groups in total. The molecule has 2 unspecified atom stereocenters. The summed E-state index contributed by atoms with van der Waals surface area (Å²) in [6.45, 7) is 7.91. The highest BCUT2D eigenvalue weighted by molar-refractivity contribution is 5.37. The molecule has 1 aromatic carbocycles.